The topological polar surface area (TPSA) is 30.3 Å². The maximum Gasteiger partial charge on any atom is 0.139 e. The van der Waals surface area contributed by atoms with Crippen molar-refractivity contribution in [2.75, 3.05) is 20.2 Å². The van der Waals surface area contributed by atoms with Crippen molar-refractivity contribution < 1.29 is 4.74 Å². The van der Waals surface area contributed by atoms with Crippen LogP contribution in [0.25, 0.3) is 22.0 Å². The molecule has 1 atom stereocenters. The molecule has 0 amide bonds. The SMILES string of the molecule is CN1CCCCC1c1[c]cc(-c2ccc3cn(COCC[Si](C)(C)C)nc3c2)cc1. The maximum atomic E-state index is 5.85. The van der Waals surface area contributed by atoms with Gasteiger partial charge >= 0.3 is 0 Å². The van der Waals surface area contributed by atoms with E-state index < -0.39 is 8.07 Å². The van der Waals surface area contributed by atoms with Crippen LogP contribution in [0.15, 0.2) is 42.6 Å². The van der Waals surface area contributed by atoms with E-state index >= 15 is 0 Å². The second-order valence-electron chi connectivity index (χ2n) is 9.82. The summed E-state index contributed by atoms with van der Waals surface area (Å²) in [7, 11) is 1.18. The van der Waals surface area contributed by atoms with Crippen LogP contribution in [0.5, 0.6) is 0 Å². The van der Waals surface area contributed by atoms with Gasteiger partial charge in [0.25, 0.3) is 0 Å². The van der Waals surface area contributed by atoms with Crippen molar-refractivity contribution in [1.82, 2.24) is 14.7 Å². The standard InChI is InChI=1S/C25H34N3OSi/c1-27-14-6-5-7-25(27)21-10-8-20(9-11-21)22-12-13-23-18-28(26-24(23)17-22)19-29-15-16-30(2,3)4/h8-10,12-13,17-18,25H,5-7,14-16,19H2,1-4H3. The van der Waals surface area contributed by atoms with Crippen LogP contribution in [0, 0.1) is 6.07 Å². The van der Waals surface area contributed by atoms with Crippen molar-refractivity contribution in [2.45, 2.75) is 57.7 Å². The molecule has 30 heavy (non-hydrogen) atoms. The number of nitrogens with zero attached hydrogens (tertiary/aromatic N) is 3. The molecule has 1 unspecified atom stereocenters. The predicted octanol–water partition coefficient (Wildman–Crippen LogP) is 5.97. The molecule has 2 aromatic carbocycles. The smallest absolute Gasteiger partial charge is 0.139 e. The van der Waals surface area contributed by atoms with Crippen molar-refractivity contribution in [3.05, 3.63) is 54.2 Å². The van der Waals surface area contributed by atoms with Crippen molar-refractivity contribution in [2.24, 2.45) is 0 Å². The zero-order chi connectivity index (χ0) is 21.1. The summed E-state index contributed by atoms with van der Waals surface area (Å²) in [5, 5.41) is 5.87. The summed E-state index contributed by atoms with van der Waals surface area (Å²) in [5.74, 6) is 0. The van der Waals surface area contributed by atoms with E-state index in [4.69, 9.17) is 9.84 Å². The fraction of sp³-hybridized carbons (Fsp3) is 0.480. The lowest BCUT2D eigenvalue weighted by atomic mass is 9.94. The summed E-state index contributed by atoms with van der Waals surface area (Å²) in [6.07, 6.45) is 5.92. The monoisotopic (exact) mass is 420 g/mol. The normalized spacial score (nSPS) is 18.2. The Balaban J connectivity index is 1.44. The fourth-order valence-corrected chi connectivity index (χ4v) is 4.90. The highest BCUT2D eigenvalue weighted by Crippen LogP contribution is 2.31. The van der Waals surface area contributed by atoms with Gasteiger partial charge in [-0.2, -0.15) is 5.10 Å². The third kappa shape index (κ3) is 5.20. The van der Waals surface area contributed by atoms with Crippen LogP contribution in [0.1, 0.15) is 30.9 Å². The Bertz CT molecular complexity index is 974. The Morgan fingerprint density at radius 2 is 1.97 bits per heavy atom. The Morgan fingerprint density at radius 1 is 1.13 bits per heavy atom. The number of rotatable bonds is 7. The number of hydrogen-bond acceptors (Lipinski definition) is 3. The highest BCUT2D eigenvalue weighted by Gasteiger charge is 2.20. The van der Waals surface area contributed by atoms with E-state index in [-0.39, 0.29) is 0 Å². The van der Waals surface area contributed by atoms with Gasteiger partial charge in [-0.3, -0.25) is 4.90 Å². The van der Waals surface area contributed by atoms with E-state index in [9.17, 15) is 0 Å². The molecule has 0 saturated carbocycles. The van der Waals surface area contributed by atoms with Gasteiger partial charge in [0.05, 0.1) is 5.52 Å². The average Bonchev–Trinajstić information content (AvgIpc) is 3.13. The molecule has 1 aromatic heterocycles. The van der Waals surface area contributed by atoms with Crippen LogP contribution in [-0.4, -0.2) is 43.0 Å². The van der Waals surface area contributed by atoms with Gasteiger partial charge in [-0.25, -0.2) is 4.68 Å². The number of hydrogen-bond donors (Lipinski definition) is 0. The Kier molecular flexibility index (Phi) is 6.42. The zero-order valence-corrected chi connectivity index (χ0v) is 19.8. The number of likely N-dealkylation sites (tertiary alicyclic amines) is 1. The highest BCUT2D eigenvalue weighted by molar-refractivity contribution is 6.76. The minimum atomic E-state index is -1.05. The highest BCUT2D eigenvalue weighted by atomic mass is 28.3. The van der Waals surface area contributed by atoms with Crippen LogP contribution in [0.2, 0.25) is 25.7 Å². The molecule has 0 bridgehead atoms. The molecule has 4 nitrogen and oxygen atoms in total. The molecule has 159 valence electrons. The van der Waals surface area contributed by atoms with Crippen molar-refractivity contribution in [1.29, 1.82) is 0 Å². The number of aromatic nitrogens is 2. The van der Waals surface area contributed by atoms with E-state index in [0.717, 1.165) is 17.5 Å². The van der Waals surface area contributed by atoms with E-state index in [0.29, 0.717) is 12.8 Å². The first-order chi connectivity index (χ1) is 14.4. The van der Waals surface area contributed by atoms with Gasteiger partial charge in [-0.05, 0) is 67.4 Å². The molecule has 1 aliphatic heterocycles. The third-order valence-electron chi connectivity index (χ3n) is 6.07. The first kappa shape index (κ1) is 21.3. The van der Waals surface area contributed by atoms with E-state index in [2.05, 4.69) is 80.3 Å². The van der Waals surface area contributed by atoms with Gasteiger partial charge < -0.3 is 4.74 Å². The van der Waals surface area contributed by atoms with Crippen LogP contribution in [0.3, 0.4) is 0 Å². The van der Waals surface area contributed by atoms with Gasteiger partial charge in [0, 0.05) is 32.3 Å². The number of piperidine rings is 1. The van der Waals surface area contributed by atoms with E-state index in [1.54, 1.807) is 0 Å². The minimum absolute atomic E-state index is 0.506. The van der Waals surface area contributed by atoms with Gasteiger partial charge in [-0.1, -0.05) is 50.3 Å². The summed E-state index contributed by atoms with van der Waals surface area (Å²) in [4.78, 5) is 2.46. The number of ether oxygens (including phenoxy) is 1. The third-order valence-corrected chi connectivity index (χ3v) is 7.78. The number of benzene rings is 2. The Hall–Kier alpha value is -1.95. The lowest BCUT2D eigenvalue weighted by Crippen LogP contribution is -2.29. The first-order valence-corrected chi connectivity index (χ1v) is 14.9. The van der Waals surface area contributed by atoms with Gasteiger partial charge in [0.1, 0.15) is 6.73 Å². The molecule has 1 aliphatic rings. The molecule has 0 aliphatic carbocycles. The Morgan fingerprint density at radius 3 is 2.70 bits per heavy atom. The van der Waals surface area contributed by atoms with Crippen LogP contribution < -0.4 is 0 Å². The average molecular weight is 421 g/mol. The Labute approximate surface area is 181 Å². The van der Waals surface area contributed by atoms with E-state index in [1.165, 1.54) is 48.5 Å². The maximum absolute atomic E-state index is 5.85. The molecule has 1 saturated heterocycles. The lowest BCUT2D eigenvalue weighted by molar-refractivity contribution is 0.0791. The summed E-state index contributed by atoms with van der Waals surface area (Å²) in [6, 6.07) is 18.3. The molecule has 1 fully saturated rings. The fourth-order valence-electron chi connectivity index (χ4n) is 4.14. The van der Waals surface area contributed by atoms with Crippen molar-refractivity contribution in [3.8, 4) is 11.1 Å². The predicted molar refractivity (Wildman–Crippen MR) is 127 cm³/mol. The molecule has 3 aromatic rings. The zero-order valence-electron chi connectivity index (χ0n) is 18.8. The summed E-state index contributed by atoms with van der Waals surface area (Å²) in [5.41, 5.74) is 4.70. The van der Waals surface area contributed by atoms with Crippen LogP contribution >= 0.6 is 0 Å². The molecular weight excluding hydrogens is 386 g/mol. The van der Waals surface area contributed by atoms with Crippen molar-refractivity contribution in [3.63, 3.8) is 0 Å². The van der Waals surface area contributed by atoms with Crippen LogP contribution in [0.4, 0.5) is 0 Å². The van der Waals surface area contributed by atoms with E-state index in [1.807, 2.05) is 4.68 Å². The molecular formula is C25H34N3OSi. The quantitative estimate of drug-likeness (QED) is 0.348. The van der Waals surface area contributed by atoms with Gasteiger partial charge in [0.15, 0.2) is 0 Å². The second kappa shape index (κ2) is 9.04. The van der Waals surface area contributed by atoms with Crippen molar-refractivity contribution >= 4 is 19.0 Å². The molecule has 2 heterocycles. The summed E-state index contributed by atoms with van der Waals surface area (Å²) in [6.45, 7) is 9.63. The second-order valence-corrected chi connectivity index (χ2v) is 15.4. The molecule has 4 rings (SSSR count). The molecule has 5 heteroatoms. The minimum Gasteiger partial charge on any atom is -0.360 e. The largest absolute Gasteiger partial charge is 0.360 e. The molecule has 0 N–H and O–H groups in total. The number of fused-ring (bicyclic) bond motifs is 1. The van der Waals surface area contributed by atoms with Gasteiger partial charge in [-0.15, -0.1) is 0 Å². The lowest BCUT2D eigenvalue weighted by Gasteiger charge is -2.32. The molecule has 0 spiro atoms. The van der Waals surface area contributed by atoms with Crippen LogP contribution in [-0.2, 0) is 11.5 Å². The van der Waals surface area contributed by atoms with Gasteiger partial charge in [0.2, 0.25) is 0 Å². The summed E-state index contributed by atoms with van der Waals surface area (Å²) >= 11 is 0. The first-order valence-electron chi connectivity index (χ1n) is 11.2. The molecule has 1 radical (unpaired) electrons. The summed E-state index contributed by atoms with van der Waals surface area (Å²) < 4.78 is 7.76.